The van der Waals surface area contributed by atoms with E-state index in [1.54, 1.807) is 13.0 Å². The Morgan fingerprint density at radius 1 is 1.50 bits per heavy atom. The third kappa shape index (κ3) is 4.72. The molecule has 1 heterocycles. The van der Waals surface area contributed by atoms with Gasteiger partial charge in [0.2, 0.25) is 0 Å². The van der Waals surface area contributed by atoms with Crippen LogP contribution in [0.15, 0.2) is 29.3 Å². The van der Waals surface area contributed by atoms with Gasteiger partial charge in [-0.15, -0.1) is 0 Å². The minimum atomic E-state index is -0.931. The molecule has 3 N–H and O–H groups in total. The zero-order chi connectivity index (χ0) is 19.4. The molecule has 1 aliphatic heterocycles. The summed E-state index contributed by atoms with van der Waals surface area (Å²) in [5.41, 5.74) is 3.09. The van der Waals surface area contributed by atoms with Crippen LogP contribution in [-0.4, -0.2) is 47.7 Å². The number of aryl methyl sites for hydroxylation is 1. The third-order valence-corrected chi connectivity index (χ3v) is 4.12. The minimum Gasteiger partial charge on any atom is -0.391 e. The van der Waals surface area contributed by atoms with Crippen molar-refractivity contribution in [3.63, 3.8) is 0 Å². The van der Waals surface area contributed by atoms with Crippen molar-refractivity contribution in [2.75, 3.05) is 19.0 Å². The number of hydrogen-bond acceptors (Lipinski definition) is 5. The van der Waals surface area contributed by atoms with Gasteiger partial charge in [-0.3, -0.25) is 14.4 Å². The van der Waals surface area contributed by atoms with Crippen LogP contribution in [0.4, 0.5) is 10.1 Å². The number of halogens is 2. The molecule has 1 aromatic carbocycles. The number of anilines is 1. The number of hydroxylamine groups is 1. The summed E-state index contributed by atoms with van der Waals surface area (Å²) in [5.74, 6) is -2.52. The smallest absolute Gasteiger partial charge is 0.266 e. The highest BCUT2D eigenvalue weighted by Crippen LogP contribution is 2.27. The SMILES string of the molecule is Cc1ccc(NC2C(C(=O)NOC[C@H](C)O)C=C(Cl)C(=O)N2C)c(F)c1. The molecule has 3 atom stereocenters. The lowest BCUT2D eigenvalue weighted by molar-refractivity contribution is -0.142. The highest BCUT2D eigenvalue weighted by Gasteiger charge is 2.38. The van der Waals surface area contributed by atoms with Gasteiger partial charge in [0.15, 0.2) is 0 Å². The zero-order valence-corrected chi connectivity index (χ0v) is 15.4. The Labute approximate surface area is 155 Å². The van der Waals surface area contributed by atoms with Crippen LogP contribution in [0.2, 0.25) is 0 Å². The number of amides is 2. The van der Waals surface area contributed by atoms with Crippen LogP contribution in [0.3, 0.4) is 0 Å². The van der Waals surface area contributed by atoms with Crippen LogP contribution in [0.1, 0.15) is 12.5 Å². The van der Waals surface area contributed by atoms with Crippen molar-refractivity contribution >= 4 is 29.1 Å². The van der Waals surface area contributed by atoms with Crippen molar-refractivity contribution in [1.82, 2.24) is 10.4 Å². The Balaban J connectivity index is 2.23. The van der Waals surface area contributed by atoms with E-state index in [-0.39, 0.29) is 17.3 Å². The van der Waals surface area contributed by atoms with Crippen LogP contribution < -0.4 is 10.8 Å². The number of carbonyl (C=O) groups excluding carboxylic acids is 2. The Morgan fingerprint density at radius 3 is 2.81 bits per heavy atom. The largest absolute Gasteiger partial charge is 0.391 e. The van der Waals surface area contributed by atoms with Crippen molar-refractivity contribution in [2.24, 2.45) is 5.92 Å². The lowest BCUT2D eigenvalue weighted by atomic mass is 9.99. The van der Waals surface area contributed by atoms with Crippen LogP contribution >= 0.6 is 11.6 Å². The molecule has 1 aromatic rings. The molecule has 0 radical (unpaired) electrons. The molecule has 9 heteroatoms. The van der Waals surface area contributed by atoms with Crippen molar-refractivity contribution in [3.05, 3.63) is 40.7 Å². The lowest BCUT2D eigenvalue weighted by Gasteiger charge is -2.37. The monoisotopic (exact) mass is 385 g/mol. The fraction of sp³-hybridized carbons (Fsp3) is 0.412. The number of aliphatic hydroxyl groups is 1. The molecule has 0 saturated heterocycles. The molecule has 0 spiro atoms. The second-order valence-corrected chi connectivity index (χ2v) is 6.56. The van der Waals surface area contributed by atoms with Crippen LogP contribution in [-0.2, 0) is 14.4 Å². The number of benzene rings is 1. The molecule has 0 aromatic heterocycles. The Hall–Kier alpha value is -2.16. The maximum Gasteiger partial charge on any atom is 0.266 e. The van der Waals surface area contributed by atoms with Crippen LogP contribution in [0.5, 0.6) is 0 Å². The fourth-order valence-corrected chi connectivity index (χ4v) is 2.73. The fourth-order valence-electron chi connectivity index (χ4n) is 2.46. The van der Waals surface area contributed by atoms with E-state index >= 15 is 0 Å². The topological polar surface area (TPSA) is 90.9 Å². The maximum absolute atomic E-state index is 14.2. The molecule has 1 aliphatic rings. The summed E-state index contributed by atoms with van der Waals surface area (Å²) >= 11 is 5.91. The first kappa shape index (κ1) is 20.2. The first-order valence-electron chi connectivity index (χ1n) is 7.97. The van der Waals surface area contributed by atoms with Gasteiger partial charge in [-0.25, -0.2) is 9.87 Å². The van der Waals surface area contributed by atoms with Gasteiger partial charge >= 0.3 is 0 Å². The van der Waals surface area contributed by atoms with E-state index < -0.39 is 35.8 Å². The van der Waals surface area contributed by atoms with Gasteiger partial charge in [-0.1, -0.05) is 17.7 Å². The van der Waals surface area contributed by atoms with Gasteiger partial charge in [-0.05, 0) is 37.6 Å². The third-order valence-electron chi connectivity index (χ3n) is 3.84. The zero-order valence-electron chi connectivity index (χ0n) is 14.6. The van der Waals surface area contributed by atoms with Gasteiger partial charge in [0.25, 0.3) is 11.8 Å². The van der Waals surface area contributed by atoms with Gasteiger partial charge in [0.05, 0.1) is 17.7 Å². The van der Waals surface area contributed by atoms with Gasteiger partial charge < -0.3 is 15.3 Å². The van der Waals surface area contributed by atoms with E-state index in [1.807, 2.05) is 0 Å². The highest BCUT2D eigenvalue weighted by atomic mass is 35.5. The van der Waals surface area contributed by atoms with E-state index in [9.17, 15) is 19.1 Å². The molecule has 26 heavy (non-hydrogen) atoms. The lowest BCUT2D eigenvalue weighted by Crippen LogP contribution is -2.54. The normalized spacial score (nSPS) is 21.2. The number of carbonyl (C=O) groups is 2. The molecule has 2 rings (SSSR count). The molecule has 7 nitrogen and oxygen atoms in total. The van der Waals surface area contributed by atoms with Crippen LogP contribution in [0, 0.1) is 18.7 Å². The quantitative estimate of drug-likeness (QED) is 0.646. The summed E-state index contributed by atoms with van der Waals surface area (Å²) in [6.07, 6.45) is -0.354. The molecule has 2 amide bonds. The summed E-state index contributed by atoms with van der Waals surface area (Å²) in [5, 5.41) is 11.9. The summed E-state index contributed by atoms with van der Waals surface area (Å²) in [4.78, 5) is 30.7. The second kappa shape index (κ2) is 8.48. The molecular formula is C17H21ClFN3O4. The molecule has 0 saturated carbocycles. The summed E-state index contributed by atoms with van der Waals surface area (Å²) in [6, 6.07) is 4.58. The Bertz CT molecular complexity index is 726. The van der Waals surface area contributed by atoms with Crippen molar-refractivity contribution in [1.29, 1.82) is 0 Å². The number of aliphatic hydroxyl groups excluding tert-OH is 1. The highest BCUT2D eigenvalue weighted by molar-refractivity contribution is 6.42. The Kier molecular flexibility index (Phi) is 6.57. The minimum absolute atomic E-state index is 0.102. The first-order chi connectivity index (χ1) is 12.2. The standard InChI is InChI=1S/C17H21ClFN3O4/c1-9-4-5-14(13(19)6-9)20-15-11(7-12(18)17(25)22(15)3)16(24)21-26-8-10(2)23/h4-7,10-11,15,20,23H,8H2,1-3H3,(H,21,24)/t10-,11?,15?/m0/s1. The maximum atomic E-state index is 14.2. The van der Waals surface area contributed by atoms with E-state index in [1.165, 1.54) is 37.1 Å². The molecular weight excluding hydrogens is 365 g/mol. The number of rotatable bonds is 6. The van der Waals surface area contributed by atoms with Crippen molar-refractivity contribution < 1.29 is 23.9 Å². The van der Waals surface area contributed by atoms with Crippen molar-refractivity contribution in [3.8, 4) is 0 Å². The van der Waals surface area contributed by atoms with Crippen LogP contribution in [0.25, 0.3) is 0 Å². The van der Waals surface area contributed by atoms with Gasteiger partial charge in [0, 0.05) is 7.05 Å². The summed E-state index contributed by atoms with van der Waals surface area (Å²) in [6.45, 7) is 3.15. The average Bonchev–Trinajstić information content (AvgIpc) is 2.56. The van der Waals surface area contributed by atoms with E-state index in [0.29, 0.717) is 0 Å². The van der Waals surface area contributed by atoms with Crippen molar-refractivity contribution in [2.45, 2.75) is 26.1 Å². The average molecular weight is 386 g/mol. The number of likely N-dealkylation sites (N-methyl/N-ethyl adjacent to an activating group) is 1. The number of hydrogen-bond donors (Lipinski definition) is 3. The van der Waals surface area contributed by atoms with E-state index in [0.717, 1.165) is 5.56 Å². The van der Waals surface area contributed by atoms with Gasteiger partial charge in [-0.2, -0.15) is 0 Å². The summed E-state index contributed by atoms with van der Waals surface area (Å²) < 4.78 is 14.2. The number of nitrogens with one attached hydrogen (secondary N) is 2. The predicted octanol–water partition coefficient (Wildman–Crippen LogP) is 1.51. The molecule has 0 aliphatic carbocycles. The summed E-state index contributed by atoms with van der Waals surface area (Å²) in [7, 11) is 1.46. The predicted molar refractivity (Wildman–Crippen MR) is 94.5 cm³/mol. The van der Waals surface area contributed by atoms with E-state index in [4.69, 9.17) is 16.4 Å². The Morgan fingerprint density at radius 2 is 2.19 bits per heavy atom. The molecule has 0 fully saturated rings. The molecule has 142 valence electrons. The van der Waals surface area contributed by atoms with E-state index in [2.05, 4.69) is 10.8 Å². The molecule has 2 unspecified atom stereocenters. The molecule has 0 bridgehead atoms. The first-order valence-corrected chi connectivity index (χ1v) is 8.35. The second-order valence-electron chi connectivity index (χ2n) is 6.16. The number of nitrogens with zero attached hydrogens (tertiary/aromatic N) is 1. The van der Waals surface area contributed by atoms with Gasteiger partial charge in [0.1, 0.15) is 23.6 Å².